The summed E-state index contributed by atoms with van der Waals surface area (Å²) in [4.78, 5) is 2.55. The molecule has 2 N–H and O–H groups in total. The van der Waals surface area contributed by atoms with Crippen LogP contribution in [0.15, 0.2) is 0 Å². The highest BCUT2D eigenvalue weighted by atomic mass is 32.2. The van der Waals surface area contributed by atoms with Gasteiger partial charge < -0.3 is 10.4 Å². The lowest BCUT2D eigenvalue weighted by Gasteiger charge is -2.34. The monoisotopic (exact) mass is 216 g/mol. The highest BCUT2D eigenvalue weighted by Gasteiger charge is 2.26. The summed E-state index contributed by atoms with van der Waals surface area (Å²) in [5.74, 6) is 2.52. The van der Waals surface area contributed by atoms with E-state index in [4.69, 9.17) is 0 Å². The molecule has 2 heterocycles. The molecule has 0 aliphatic carbocycles. The molecule has 82 valence electrons. The topological polar surface area (TPSA) is 35.5 Å². The summed E-state index contributed by atoms with van der Waals surface area (Å²) in [5, 5.41) is 12.8. The summed E-state index contributed by atoms with van der Waals surface area (Å²) in [6.07, 6.45) is 0.811. The lowest BCUT2D eigenvalue weighted by Crippen LogP contribution is -2.46. The van der Waals surface area contributed by atoms with E-state index in [-0.39, 0.29) is 6.10 Å². The van der Waals surface area contributed by atoms with E-state index in [9.17, 15) is 5.11 Å². The maximum absolute atomic E-state index is 9.41. The van der Waals surface area contributed by atoms with E-state index >= 15 is 0 Å². The quantitative estimate of drug-likeness (QED) is 0.689. The van der Waals surface area contributed by atoms with E-state index in [2.05, 4.69) is 28.9 Å². The fourth-order valence-corrected chi connectivity index (χ4v) is 3.33. The first-order chi connectivity index (χ1) is 6.75. The minimum atomic E-state index is -0.116. The van der Waals surface area contributed by atoms with Crippen molar-refractivity contribution in [2.75, 3.05) is 31.1 Å². The first-order valence-electron chi connectivity index (χ1n) is 5.49. The van der Waals surface area contributed by atoms with Gasteiger partial charge in [0.25, 0.3) is 0 Å². The Balaban J connectivity index is 1.78. The molecule has 0 aromatic rings. The van der Waals surface area contributed by atoms with E-state index in [0.717, 1.165) is 19.5 Å². The molecule has 14 heavy (non-hydrogen) atoms. The van der Waals surface area contributed by atoms with Crippen LogP contribution in [0.2, 0.25) is 0 Å². The fourth-order valence-electron chi connectivity index (χ4n) is 2.25. The molecule has 2 aliphatic rings. The minimum absolute atomic E-state index is 0.116. The van der Waals surface area contributed by atoms with E-state index in [1.54, 1.807) is 0 Å². The van der Waals surface area contributed by atoms with Gasteiger partial charge in [-0.3, -0.25) is 4.90 Å². The van der Waals surface area contributed by atoms with Gasteiger partial charge in [-0.15, -0.1) is 0 Å². The molecule has 0 bridgehead atoms. The second-order valence-corrected chi connectivity index (χ2v) is 5.56. The van der Waals surface area contributed by atoms with Gasteiger partial charge in [-0.2, -0.15) is 11.8 Å². The van der Waals surface area contributed by atoms with Gasteiger partial charge in [0.1, 0.15) is 0 Å². The van der Waals surface area contributed by atoms with Crippen molar-refractivity contribution in [3.8, 4) is 0 Å². The number of aliphatic hydroxyl groups excluding tert-OH is 1. The number of β-amino-alcohol motifs (C(OH)–C–C–N with tert-alkyl or cyclic N) is 1. The van der Waals surface area contributed by atoms with Crippen LogP contribution < -0.4 is 5.32 Å². The number of rotatable bonds is 2. The molecule has 2 rings (SSSR count). The number of aliphatic hydroxyl groups is 1. The van der Waals surface area contributed by atoms with Crippen LogP contribution in [0.25, 0.3) is 0 Å². The van der Waals surface area contributed by atoms with Crippen molar-refractivity contribution in [3.05, 3.63) is 0 Å². The van der Waals surface area contributed by atoms with Crippen molar-refractivity contribution in [1.29, 1.82) is 0 Å². The number of nitrogens with one attached hydrogen (secondary N) is 1. The standard InChI is InChI=1S/C10H20N2OS/c1-8-7-14-3-2-12(8)6-9-4-10(13)5-11-9/h8-11,13H,2-7H2,1H3. The zero-order valence-electron chi connectivity index (χ0n) is 8.78. The van der Waals surface area contributed by atoms with Crippen LogP contribution in [0.5, 0.6) is 0 Å². The van der Waals surface area contributed by atoms with Crippen LogP contribution in [0.4, 0.5) is 0 Å². The molecule has 3 nitrogen and oxygen atoms in total. The lowest BCUT2D eigenvalue weighted by molar-refractivity contribution is 0.180. The van der Waals surface area contributed by atoms with Crippen molar-refractivity contribution in [2.24, 2.45) is 0 Å². The largest absolute Gasteiger partial charge is 0.392 e. The van der Waals surface area contributed by atoms with Crippen molar-refractivity contribution >= 4 is 11.8 Å². The molecule has 0 amide bonds. The average Bonchev–Trinajstić information content (AvgIpc) is 2.56. The Bertz CT molecular complexity index is 191. The highest BCUT2D eigenvalue weighted by Crippen LogP contribution is 2.17. The summed E-state index contributed by atoms with van der Waals surface area (Å²) in [5.41, 5.74) is 0. The van der Waals surface area contributed by atoms with E-state index < -0.39 is 0 Å². The predicted octanol–water partition coefficient (Wildman–Crippen LogP) is 0.147. The second-order valence-electron chi connectivity index (χ2n) is 4.41. The Morgan fingerprint density at radius 3 is 3.07 bits per heavy atom. The van der Waals surface area contributed by atoms with Gasteiger partial charge >= 0.3 is 0 Å². The number of hydrogen-bond acceptors (Lipinski definition) is 4. The number of hydrogen-bond donors (Lipinski definition) is 2. The second kappa shape index (κ2) is 4.84. The Morgan fingerprint density at radius 2 is 2.43 bits per heavy atom. The molecule has 3 atom stereocenters. The zero-order valence-corrected chi connectivity index (χ0v) is 9.59. The maximum Gasteiger partial charge on any atom is 0.0680 e. The summed E-state index contributed by atoms with van der Waals surface area (Å²) in [7, 11) is 0. The van der Waals surface area contributed by atoms with Crippen molar-refractivity contribution in [2.45, 2.75) is 31.5 Å². The van der Waals surface area contributed by atoms with E-state index in [1.165, 1.54) is 18.1 Å². The Morgan fingerprint density at radius 1 is 1.57 bits per heavy atom. The smallest absolute Gasteiger partial charge is 0.0680 e. The SMILES string of the molecule is CC1CSCCN1CC1CC(O)CN1. The summed E-state index contributed by atoms with van der Waals surface area (Å²) in [6, 6.07) is 1.21. The molecule has 0 radical (unpaired) electrons. The predicted molar refractivity (Wildman–Crippen MR) is 60.8 cm³/mol. The summed E-state index contributed by atoms with van der Waals surface area (Å²) in [6.45, 7) is 5.40. The third kappa shape index (κ3) is 2.63. The Kier molecular flexibility index (Phi) is 3.71. The first-order valence-corrected chi connectivity index (χ1v) is 6.64. The van der Waals surface area contributed by atoms with Crippen molar-refractivity contribution in [1.82, 2.24) is 10.2 Å². The van der Waals surface area contributed by atoms with E-state index in [1.807, 2.05) is 0 Å². The zero-order chi connectivity index (χ0) is 9.97. The van der Waals surface area contributed by atoms with Gasteiger partial charge in [0.2, 0.25) is 0 Å². The van der Waals surface area contributed by atoms with Gasteiger partial charge in [0, 0.05) is 43.2 Å². The van der Waals surface area contributed by atoms with Crippen LogP contribution in [-0.4, -0.2) is 59.3 Å². The molecular weight excluding hydrogens is 196 g/mol. The molecule has 2 aliphatic heterocycles. The molecule has 0 aromatic heterocycles. The van der Waals surface area contributed by atoms with E-state index in [0.29, 0.717) is 12.1 Å². The van der Waals surface area contributed by atoms with Crippen molar-refractivity contribution < 1.29 is 5.11 Å². The molecule has 0 aromatic carbocycles. The fraction of sp³-hybridized carbons (Fsp3) is 1.00. The Hall–Kier alpha value is 0.230. The van der Waals surface area contributed by atoms with Gasteiger partial charge in [0.05, 0.1) is 6.10 Å². The van der Waals surface area contributed by atoms with Crippen LogP contribution in [0.3, 0.4) is 0 Å². The van der Waals surface area contributed by atoms with Crippen LogP contribution in [0.1, 0.15) is 13.3 Å². The molecule has 2 saturated heterocycles. The van der Waals surface area contributed by atoms with Crippen molar-refractivity contribution in [3.63, 3.8) is 0 Å². The summed E-state index contributed by atoms with van der Waals surface area (Å²) < 4.78 is 0. The molecule has 2 fully saturated rings. The van der Waals surface area contributed by atoms with Crippen LogP contribution in [0, 0.1) is 0 Å². The molecule has 4 heteroatoms. The summed E-state index contributed by atoms with van der Waals surface area (Å²) >= 11 is 2.05. The number of nitrogens with zero attached hydrogens (tertiary/aromatic N) is 1. The van der Waals surface area contributed by atoms with Gasteiger partial charge in [-0.1, -0.05) is 0 Å². The van der Waals surface area contributed by atoms with Crippen LogP contribution in [-0.2, 0) is 0 Å². The lowest BCUT2D eigenvalue weighted by atomic mass is 10.1. The van der Waals surface area contributed by atoms with Crippen LogP contribution >= 0.6 is 11.8 Å². The van der Waals surface area contributed by atoms with Gasteiger partial charge in [-0.05, 0) is 13.3 Å². The Labute approximate surface area is 90.2 Å². The molecule has 0 spiro atoms. The number of thioether (sulfide) groups is 1. The van der Waals surface area contributed by atoms with Gasteiger partial charge in [-0.25, -0.2) is 0 Å². The highest BCUT2D eigenvalue weighted by molar-refractivity contribution is 7.99. The molecular formula is C10H20N2OS. The maximum atomic E-state index is 9.41. The third-order valence-corrected chi connectivity index (χ3v) is 4.35. The van der Waals surface area contributed by atoms with Gasteiger partial charge in [0.15, 0.2) is 0 Å². The molecule has 3 unspecified atom stereocenters. The third-order valence-electron chi connectivity index (χ3n) is 3.16. The average molecular weight is 216 g/mol. The normalized spacial score (nSPS) is 40.3. The molecule has 0 saturated carbocycles. The first kappa shape index (κ1) is 10.7. The minimum Gasteiger partial charge on any atom is -0.392 e.